The highest BCUT2D eigenvalue weighted by molar-refractivity contribution is 7.21. The molecule has 192 valence electrons. The van der Waals surface area contributed by atoms with Crippen LogP contribution in [0.15, 0.2) is 35.3 Å². The fraction of sp³-hybridized carbons (Fsp3) is 0.613. The first-order valence-corrected chi connectivity index (χ1v) is 15.0. The average Bonchev–Trinajstić information content (AvgIpc) is 2.88. The van der Waals surface area contributed by atoms with E-state index < -0.39 is 0 Å². The second-order valence-electron chi connectivity index (χ2n) is 10.0. The van der Waals surface area contributed by atoms with Gasteiger partial charge >= 0.3 is 0 Å². The van der Waals surface area contributed by atoms with Gasteiger partial charge in [-0.05, 0) is 48.7 Å². The zero-order valence-electron chi connectivity index (χ0n) is 22.5. The van der Waals surface area contributed by atoms with E-state index in [0.29, 0.717) is 0 Å². The van der Waals surface area contributed by atoms with E-state index in [1.54, 1.807) is 11.3 Å². The van der Waals surface area contributed by atoms with E-state index in [9.17, 15) is 0 Å². The van der Waals surface area contributed by atoms with Crippen molar-refractivity contribution in [2.45, 2.75) is 110 Å². The van der Waals surface area contributed by atoms with Crippen molar-refractivity contribution in [2.75, 3.05) is 19.4 Å². The lowest BCUT2D eigenvalue weighted by molar-refractivity contribution is 0.532. The zero-order valence-corrected chi connectivity index (χ0v) is 23.3. The third-order valence-electron chi connectivity index (χ3n) is 7.16. The second kappa shape index (κ2) is 15.9. The van der Waals surface area contributed by atoms with Gasteiger partial charge in [0.2, 0.25) is 0 Å². The van der Waals surface area contributed by atoms with E-state index in [2.05, 4.69) is 47.6 Å². The Morgan fingerprint density at radius 1 is 0.771 bits per heavy atom. The number of aryl methyl sites for hydroxylation is 1. The minimum Gasteiger partial charge on any atom is -0.388 e. The third-order valence-corrected chi connectivity index (χ3v) is 8.25. The molecule has 0 amide bonds. The van der Waals surface area contributed by atoms with Gasteiger partial charge < -0.3 is 5.32 Å². The van der Waals surface area contributed by atoms with Crippen molar-refractivity contribution in [1.29, 1.82) is 0 Å². The Morgan fingerprint density at radius 2 is 1.37 bits per heavy atom. The highest BCUT2D eigenvalue weighted by Gasteiger charge is 2.11. The van der Waals surface area contributed by atoms with Crippen LogP contribution >= 0.6 is 11.3 Å². The minimum absolute atomic E-state index is 1.07. The molecule has 0 atom stereocenters. The fourth-order valence-electron chi connectivity index (χ4n) is 4.96. The normalized spacial score (nSPS) is 12.1. The molecule has 3 nitrogen and oxygen atoms in total. The summed E-state index contributed by atoms with van der Waals surface area (Å²) in [5, 5.41) is 4.35. The van der Waals surface area contributed by atoms with Crippen LogP contribution in [0.4, 0.5) is 5.69 Å². The van der Waals surface area contributed by atoms with Crippen LogP contribution in [0.1, 0.15) is 109 Å². The van der Waals surface area contributed by atoms with Crippen molar-refractivity contribution >= 4 is 27.2 Å². The Balaban J connectivity index is 1.35. The molecule has 35 heavy (non-hydrogen) atoms. The molecule has 1 aliphatic heterocycles. The lowest BCUT2D eigenvalue weighted by Gasteiger charge is -2.11. The second-order valence-corrected chi connectivity index (χ2v) is 11.1. The quantitative estimate of drug-likeness (QED) is 0.150. The largest absolute Gasteiger partial charge is 0.388 e. The maximum Gasteiger partial charge on any atom is 0.0814 e. The molecule has 0 fully saturated rings. The number of anilines is 1. The van der Waals surface area contributed by atoms with Crippen molar-refractivity contribution in [2.24, 2.45) is 4.99 Å². The molecule has 0 saturated heterocycles. The summed E-state index contributed by atoms with van der Waals surface area (Å²) in [4.78, 5) is 10.8. The monoisotopic (exact) mass is 493 g/mol. The highest BCUT2D eigenvalue weighted by Crippen LogP contribution is 2.31. The first kappa shape index (κ1) is 27.6. The number of hydrogen-bond donors (Lipinski definition) is 1. The van der Waals surface area contributed by atoms with Crippen molar-refractivity contribution in [3.63, 3.8) is 0 Å². The Bertz CT molecular complexity index is 1040. The van der Waals surface area contributed by atoms with Crippen LogP contribution in [0.5, 0.6) is 0 Å². The molecule has 4 heteroatoms. The molecular weight excluding hydrogens is 446 g/mol. The topological polar surface area (TPSA) is 37.3 Å². The molecule has 1 aliphatic carbocycles. The molecule has 2 aliphatic rings. The van der Waals surface area contributed by atoms with Gasteiger partial charge in [0.05, 0.1) is 26.1 Å². The first-order valence-electron chi connectivity index (χ1n) is 14.2. The van der Waals surface area contributed by atoms with Crippen molar-refractivity contribution < 1.29 is 0 Å². The van der Waals surface area contributed by atoms with Gasteiger partial charge in [0.1, 0.15) is 0 Å². The van der Waals surface area contributed by atoms with E-state index in [-0.39, 0.29) is 0 Å². The molecule has 0 bridgehead atoms. The molecule has 0 radical (unpaired) electrons. The van der Waals surface area contributed by atoms with Gasteiger partial charge in [0, 0.05) is 19.8 Å². The van der Waals surface area contributed by atoms with E-state index in [1.165, 1.54) is 111 Å². The Labute approximate surface area is 217 Å². The lowest BCUT2D eigenvalue weighted by atomic mass is 10.0. The zero-order chi connectivity index (χ0) is 24.7. The van der Waals surface area contributed by atoms with Gasteiger partial charge in [-0.25, -0.2) is 4.98 Å². The molecule has 1 aromatic carbocycles. The predicted molar refractivity (Wildman–Crippen MR) is 156 cm³/mol. The van der Waals surface area contributed by atoms with Crippen LogP contribution < -0.4 is 10.7 Å². The molecule has 0 unspecified atom stereocenters. The van der Waals surface area contributed by atoms with Gasteiger partial charge in [-0.2, -0.15) is 0 Å². The van der Waals surface area contributed by atoms with Crippen molar-refractivity contribution in [3.05, 3.63) is 41.3 Å². The Hall–Kier alpha value is -1.94. The van der Waals surface area contributed by atoms with Gasteiger partial charge in [0.15, 0.2) is 0 Å². The molecular formula is C31H47N3S. The van der Waals surface area contributed by atoms with Gasteiger partial charge in [-0.3, -0.25) is 4.99 Å². The Morgan fingerprint density at radius 3 is 1.94 bits per heavy atom. The number of hydrogen-bond acceptors (Lipinski definition) is 4. The van der Waals surface area contributed by atoms with Crippen LogP contribution in [-0.2, 0) is 6.42 Å². The molecule has 1 N–H and O–H groups in total. The summed E-state index contributed by atoms with van der Waals surface area (Å²) in [7, 11) is 3.87. The van der Waals surface area contributed by atoms with Crippen LogP contribution in [0.3, 0.4) is 0 Å². The maximum absolute atomic E-state index is 4.95. The van der Waals surface area contributed by atoms with Crippen LogP contribution in [0, 0.1) is 0 Å². The number of rotatable bonds is 17. The fourth-order valence-corrected chi connectivity index (χ4v) is 5.98. The summed E-state index contributed by atoms with van der Waals surface area (Å²) < 4.78 is 1.21. The van der Waals surface area contributed by atoms with Gasteiger partial charge in [-0.1, -0.05) is 96.8 Å². The van der Waals surface area contributed by atoms with Gasteiger partial charge in [0.25, 0.3) is 0 Å². The number of fused-ring (bicyclic) bond motifs is 2. The standard InChI is InChI=1S/C31H47N3S/c1-4-5-6-7-8-9-10-11-12-13-14-15-16-17-18-19-25-22-29-31(24-28(25)33-3)35-30-23-26(32-2)20-21-27(30)34-29/h20-24,32H,4-19H2,1-3H3. The molecule has 1 heterocycles. The number of nitrogens with zero attached hydrogens (tertiary/aromatic N) is 2. The van der Waals surface area contributed by atoms with Crippen molar-refractivity contribution in [1.82, 2.24) is 4.98 Å². The molecule has 0 aromatic heterocycles. The summed E-state index contributed by atoms with van der Waals surface area (Å²) in [6.07, 6.45) is 22.2. The van der Waals surface area contributed by atoms with Crippen molar-refractivity contribution in [3.8, 4) is 10.6 Å². The summed E-state index contributed by atoms with van der Waals surface area (Å²) in [5.41, 5.74) is 4.64. The Kier molecular flexibility index (Phi) is 12.6. The average molecular weight is 494 g/mol. The SMILES string of the molecule is CCCCCCCCCCCCCCCCCc1cc2nc3ccc(NC)cc3sc-2cc1=NC. The van der Waals surface area contributed by atoms with E-state index in [4.69, 9.17) is 4.98 Å². The van der Waals surface area contributed by atoms with Crippen LogP contribution in [0.2, 0.25) is 0 Å². The van der Waals surface area contributed by atoms with E-state index in [0.717, 1.165) is 28.7 Å². The molecule has 1 aromatic rings. The van der Waals surface area contributed by atoms with E-state index in [1.807, 2.05) is 14.1 Å². The number of benzene rings is 2. The number of unbranched alkanes of at least 4 members (excludes halogenated alkanes) is 14. The smallest absolute Gasteiger partial charge is 0.0814 e. The number of aromatic nitrogens is 1. The first-order chi connectivity index (χ1) is 17.2. The van der Waals surface area contributed by atoms with E-state index >= 15 is 0 Å². The molecule has 3 rings (SSSR count). The summed E-state index contributed by atoms with van der Waals surface area (Å²) in [5.74, 6) is 0. The summed E-state index contributed by atoms with van der Waals surface area (Å²) in [6, 6.07) is 10.9. The van der Waals surface area contributed by atoms with Crippen LogP contribution in [-0.4, -0.2) is 19.1 Å². The number of nitrogens with one attached hydrogen (secondary N) is 1. The van der Waals surface area contributed by atoms with Crippen LogP contribution in [0.25, 0.3) is 20.8 Å². The molecule has 0 saturated carbocycles. The lowest BCUT2D eigenvalue weighted by Crippen LogP contribution is -2.11. The van der Waals surface area contributed by atoms with Gasteiger partial charge in [-0.15, -0.1) is 11.3 Å². The summed E-state index contributed by atoms with van der Waals surface area (Å²) >= 11 is 1.81. The molecule has 0 spiro atoms. The summed E-state index contributed by atoms with van der Waals surface area (Å²) in [6.45, 7) is 2.29. The minimum atomic E-state index is 1.07. The highest BCUT2D eigenvalue weighted by atomic mass is 32.1. The predicted octanol–water partition coefficient (Wildman–Crippen LogP) is 9.39. The maximum atomic E-state index is 4.95. The third kappa shape index (κ3) is 9.22.